The van der Waals surface area contributed by atoms with E-state index in [2.05, 4.69) is 10.4 Å². The fourth-order valence-electron chi connectivity index (χ4n) is 3.55. The van der Waals surface area contributed by atoms with Gasteiger partial charge < -0.3 is 11.6 Å². The maximum absolute atomic E-state index is 11.3. The molecule has 0 aromatic heterocycles. The van der Waals surface area contributed by atoms with E-state index >= 15 is 0 Å². The summed E-state index contributed by atoms with van der Waals surface area (Å²) in [5, 5.41) is 6.45. The van der Waals surface area contributed by atoms with Crippen molar-refractivity contribution in [3.63, 3.8) is 0 Å². The second-order valence-corrected chi connectivity index (χ2v) is 7.75. The summed E-state index contributed by atoms with van der Waals surface area (Å²) >= 11 is 0. The van der Waals surface area contributed by atoms with E-state index in [1.807, 2.05) is 27.7 Å². The van der Waals surface area contributed by atoms with Crippen molar-refractivity contribution in [2.45, 2.75) is 78.4 Å². The second kappa shape index (κ2) is 7.47. The SMILES string of the molecule is CC(N=O)C(C)(C)C1CCCC(C(C)(C)C(CCN)N=O)=[N+]1[NH-]. The molecule has 0 fully saturated rings. The summed E-state index contributed by atoms with van der Waals surface area (Å²) in [7, 11) is 0. The maximum Gasteiger partial charge on any atom is 0.155 e. The van der Waals surface area contributed by atoms with E-state index in [1.54, 1.807) is 6.92 Å². The number of nitrogens with one attached hydrogen (secondary N) is 1. The molecule has 1 rings (SSSR count). The lowest BCUT2D eigenvalue weighted by Crippen LogP contribution is -2.51. The van der Waals surface area contributed by atoms with Crippen LogP contribution in [0.5, 0.6) is 0 Å². The molecule has 3 N–H and O–H groups in total. The van der Waals surface area contributed by atoms with Crippen molar-refractivity contribution >= 4 is 5.71 Å². The van der Waals surface area contributed by atoms with Crippen molar-refractivity contribution in [3.8, 4) is 0 Å². The van der Waals surface area contributed by atoms with E-state index in [-0.39, 0.29) is 12.1 Å². The smallest absolute Gasteiger partial charge is 0.155 e. The normalized spacial score (nSPS) is 22.6. The Balaban J connectivity index is 3.26. The van der Waals surface area contributed by atoms with Crippen molar-refractivity contribution in [2.24, 2.45) is 26.9 Å². The van der Waals surface area contributed by atoms with E-state index in [9.17, 15) is 9.81 Å². The zero-order valence-corrected chi connectivity index (χ0v) is 15.0. The largest absolute Gasteiger partial charge is 0.454 e. The van der Waals surface area contributed by atoms with Gasteiger partial charge in [-0.05, 0) is 40.2 Å². The number of nitrogens with zero attached hydrogens (tertiary/aromatic N) is 3. The molecule has 0 saturated heterocycles. The van der Waals surface area contributed by atoms with Crippen LogP contribution in [0.2, 0.25) is 0 Å². The van der Waals surface area contributed by atoms with Gasteiger partial charge in [-0.25, -0.2) is 0 Å². The monoisotopic (exact) mass is 325 g/mol. The van der Waals surface area contributed by atoms with Crippen molar-refractivity contribution in [2.75, 3.05) is 6.54 Å². The summed E-state index contributed by atoms with van der Waals surface area (Å²) in [6, 6.07) is -0.936. The Morgan fingerprint density at radius 2 is 1.91 bits per heavy atom. The third kappa shape index (κ3) is 3.76. The van der Waals surface area contributed by atoms with Crippen molar-refractivity contribution < 1.29 is 4.68 Å². The van der Waals surface area contributed by atoms with Crippen LogP contribution in [0.1, 0.15) is 60.3 Å². The zero-order chi connectivity index (χ0) is 17.8. The molecule has 0 radical (unpaired) electrons. The Kier molecular flexibility index (Phi) is 6.39. The standard InChI is InChI=1S/C16H31N5O2/c1-11(19-22)15(2,3)13-7-6-8-14(21(13)18)16(4,5)12(20-23)9-10-17/h11-13,18H,6-10,17H2,1-5H3. The highest BCUT2D eigenvalue weighted by Crippen LogP contribution is 2.39. The number of nitroso groups, excluding NO2 is 2. The van der Waals surface area contributed by atoms with Gasteiger partial charge in [0.2, 0.25) is 0 Å². The molecule has 0 spiro atoms. The molecule has 1 aliphatic rings. The minimum atomic E-state index is -0.518. The number of hydrogen-bond acceptors (Lipinski definition) is 5. The highest BCUT2D eigenvalue weighted by molar-refractivity contribution is 5.86. The Morgan fingerprint density at radius 1 is 1.30 bits per heavy atom. The van der Waals surface area contributed by atoms with Gasteiger partial charge in [-0.3, -0.25) is 4.68 Å². The van der Waals surface area contributed by atoms with Crippen LogP contribution < -0.4 is 5.73 Å². The summed E-state index contributed by atoms with van der Waals surface area (Å²) in [5.74, 6) is 8.64. The van der Waals surface area contributed by atoms with E-state index in [4.69, 9.17) is 11.6 Å². The minimum absolute atomic E-state index is 0.108. The Hall–Kier alpha value is -1.37. The lowest BCUT2D eigenvalue weighted by atomic mass is 9.71. The molecule has 1 aliphatic heterocycles. The average molecular weight is 325 g/mol. The highest BCUT2D eigenvalue weighted by atomic mass is 16.3. The first-order valence-corrected chi connectivity index (χ1v) is 8.36. The molecule has 132 valence electrons. The molecule has 3 unspecified atom stereocenters. The Bertz CT molecular complexity index is 473. The van der Waals surface area contributed by atoms with E-state index in [1.165, 1.54) is 4.68 Å². The van der Waals surface area contributed by atoms with E-state index in [0.29, 0.717) is 13.0 Å². The first-order chi connectivity index (χ1) is 10.6. The third-order valence-electron chi connectivity index (χ3n) is 5.73. The van der Waals surface area contributed by atoms with Gasteiger partial charge in [0.25, 0.3) is 0 Å². The van der Waals surface area contributed by atoms with E-state index < -0.39 is 16.9 Å². The summed E-state index contributed by atoms with van der Waals surface area (Å²) in [4.78, 5) is 22.3. The molecule has 7 nitrogen and oxygen atoms in total. The summed E-state index contributed by atoms with van der Waals surface area (Å²) in [6.45, 7) is 10.1. The fourth-order valence-corrected chi connectivity index (χ4v) is 3.55. The van der Waals surface area contributed by atoms with Crippen LogP contribution in [-0.4, -0.2) is 35.1 Å². The molecule has 0 aromatic carbocycles. The third-order valence-corrected chi connectivity index (χ3v) is 5.73. The summed E-state index contributed by atoms with van der Waals surface area (Å²) < 4.78 is 1.53. The van der Waals surface area contributed by atoms with Crippen LogP contribution in [0.25, 0.3) is 5.84 Å². The minimum Gasteiger partial charge on any atom is -0.454 e. The zero-order valence-electron chi connectivity index (χ0n) is 15.0. The van der Waals surface area contributed by atoms with Gasteiger partial charge in [-0.15, -0.1) is 0 Å². The average Bonchev–Trinajstić information content (AvgIpc) is 2.51. The molecule has 0 aliphatic carbocycles. The van der Waals surface area contributed by atoms with Crippen LogP contribution >= 0.6 is 0 Å². The Morgan fingerprint density at radius 3 is 2.39 bits per heavy atom. The first-order valence-electron chi connectivity index (χ1n) is 8.36. The summed E-state index contributed by atoms with van der Waals surface area (Å²) in [6.07, 6.45) is 3.05. The topological polar surface area (TPSA) is 112 Å². The van der Waals surface area contributed by atoms with Gasteiger partial charge in [0, 0.05) is 12.8 Å². The van der Waals surface area contributed by atoms with E-state index in [0.717, 1.165) is 25.0 Å². The molecule has 1 heterocycles. The maximum atomic E-state index is 11.3. The fraction of sp³-hybridized carbons (Fsp3) is 0.938. The van der Waals surface area contributed by atoms with Crippen LogP contribution in [0, 0.1) is 20.6 Å². The molecule has 0 amide bonds. The number of nitrogens with two attached hydrogens (primary N) is 1. The molecular weight excluding hydrogens is 294 g/mol. The predicted molar refractivity (Wildman–Crippen MR) is 93.3 cm³/mol. The van der Waals surface area contributed by atoms with Crippen LogP contribution in [-0.2, 0) is 0 Å². The van der Waals surface area contributed by atoms with Gasteiger partial charge >= 0.3 is 0 Å². The number of rotatable bonds is 8. The first kappa shape index (κ1) is 19.7. The number of hydrogen-bond donors (Lipinski definition) is 1. The summed E-state index contributed by atoms with van der Waals surface area (Å²) in [5.41, 5.74) is 5.57. The second-order valence-electron chi connectivity index (χ2n) is 7.75. The van der Waals surface area contributed by atoms with Gasteiger partial charge in [-0.1, -0.05) is 24.2 Å². The van der Waals surface area contributed by atoms with Gasteiger partial charge in [0.15, 0.2) is 11.8 Å². The molecule has 23 heavy (non-hydrogen) atoms. The molecule has 0 bridgehead atoms. The van der Waals surface area contributed by atoms with Crippen LogP contribution in [0.4, 0.5) is 0 Å². The molecule has 7 heteroatoms. The predicted octanol–water partition coefficient (Wildman–Crippen LogP) is 3.65. The van der Waals surface area contributed by atoms with Crippen LogP contribution in [0.15, 0.2) is 10.4 Å². The molecule has 3 atom stereocenters. The van der Waals surface area contributed by atoms with Gasteiger partial charge in [-0.2, -0.15) is 9.81 Å². The lowest BCUT2D eigenvalue weighted by molar-refractivity contribution is -0.532. The van der Waals surface area contributed by atoms with Crippen molar-refractivity contribution in [3.05, 3.63) is 15.7 Å². The molecular formula is C16H31N5O2. The lowest BCUT2D eigenvalue weighted by Gasteiger charge is -2.41. The van der Waals surface area contributed by atoms with Crippen molar-refractivity contribution in [1.82, 2.24) is 0 Å². The quantitative estimate of drug-likeness (QED) is 0.543. The highest BCUT2D eigenvalue weighted by Gasteiger charge is 2.47. The molecule has 0 saturated carbocycles. The Labute approximate surface area is 138 Å². The van der Waals surface area contributed by atoms with Gasteiger partial charge in [0.1, 0.15) is 12.1 Å². The van der Waals surface area contributed by atoms with Gasteiger partial charge in [0.05, 0.1) is 10.8 Å². The van der Waals surface area contributed by atoms with Crippen molar-refractivity contribution in [1.29, 1.82) is 0 Å². The molecule has 0 aromatic rings. The van der Waals surface area contributed by atoms with Crippen LogP contribution in [0.3, 0.4) is 0 Å².